The molecule has 2 rings (SSSR count). The van der Waals surface area contributed by atoms with Crippen molar-refractivity contribution >= 4 is 17.3 Å². The van der Waals surface area contributed by atoms with Crippen LogP contribution in [0.3, 0.4) is 0 Å². The fourth-order valence-electron chi connectivity index (χ4n) is 2.29. The highest BCUT2D eigenvalue weighted by atomic mass is 35.5. The molecule has 0 unspecified atom stereocenters. The molecule has 0 aliphatic rings. The molecule has 0 spiro atoms. The van der Waals surface area contributed by atoms with Crippen LogP contribution < -0.4 is 5.32 Å². The number of nitrogens with one attached hydrogen (secondary N) is 1. The summed E-state index contributed by atoms with van der Waals surface area (Å²) in [6.45, 7) is 5.13. The summed E-state index contributed by atoms with van der Waals surface area (Å²) in [6.07, 6.45) is 4.30. The molecule has 0 fully saturated rings. The van der Waals surface area contributed by atoms with Gasteiger partial charge in [0.25, 0.3) is 0 Å². The first-order valence-corrected chi connectivity index (χ1v) is 7.73. The van der Waals surface area contributed by atoms with Crippen molar-refractivity contribution in [3.63, 3.8) is 0 Å². The lowest BCUT2D eigenvalue weighted by Crippen LogP contribution is -2.09. The van der Waals surface area contributed by atoms with Crippen LogP contribution in [0, 0.1) is 0 Å². The van der Waals surface area contributed by atoms with E-state index in [0.29, 0.717) is 11.9 Å². The van der Waals surface area contributed by atoms with E-state index in [0.717, 1.165) is 36.3 Å². The zero-order valence-electron chi connectivity index (χ0n) is 12.1. The van der Waals surface area contributed by atoms with E-state index in [1.165, 1.54) is 0 Å². The van der Waals surface area contributed by atoms with Gasteiger partial charge in [-0.2, -0.15) is 5.10 Å². The second-order valence-corrected chi connectivity index (χ2v) is 5.21. The molecule has 0 atom stereocenters. The van der Waals surface area contributed by atoms with E-state index in [9.17, 15) is 0 Å². The van der Waals surface area contributed by atoms with Crippen molar-refractivity contribution in [1.82, 2.24) is 9.78 Å². The molecular formula is C16H22ClN3. The molecule has 3 nitrogen and oxygen atoms in total. The maximum Gasteiger partial charge on any atom is 0.0815 e. The van der Waals surface area contributed by atoms with E-state index in [-0.39, 0.29) is 0 Å². The largest absolute Gasteiger partial charge is 0.379 e. The maximum atomic E-state index is 5.84. The van der Waals surface area contributed by atoms with Crippen LogP contribution in [-0.2, 0) is 12.4 Å². The molecule has 4 heteroatoms. The minimum Gasteiger partial charge on any atom is -0.379 e. The van der Waals surface area contributed by atoms with Gasteiger partial charge < -0.3 is 5.32 Å². The molecule has 0 saturated heterocycles. The smallest absolute Gasteiger partial charge is 0.0815 e. The third kappa shape index (κ3) is 3.76. The first kappa shape index (κ1) is 14.9. The van der Waals surface area contributed by atoms with Crippen molar-refractivity contribution in [3.05, 3.63) is 47.8 Å². The second-order valence-electron chi connectivity index (χ2n) is 4.94. The standard InChI is InChI=1S/C16H22ClN3/c1-3-16(4-2)20-9-8-15(19-20)12-18-14-7-5-6-13(10-14)11-17/h5-10,16,18H,3-4,11-12H2,1-2H3. The lowest BCUT2D eigenvalue weighted by molar-refractivity contribution is 0.426. The van der Waals surface area contributed by atoms with Gasteiger partial charge in [0.2, 0.25) is 0 Å². The normalized spacial score (nSPS) is 11.0. The topological polar surface area (TPSA) is 29.9 Å². The summed E-state index contributed by atoms with van der Waals surface area (Å²) in [5, 5.41) is 8.03. The molecule has 1 heterocycles. The Bertz CT molecular complexity index is 532. The van der Waals surface area contributed by atoms with Crippen LogP contribution in [0.5, 0.6) is 0 Å². The molecule has 0 bridgehead atoms. The highest BCUT2D eigenvalue weighted by Crippen LogP contribution is 2.16. The summed E-state index contributed by atoms with van der Waals surface area (Å²) < 4.78 is 2.08. The number of aromatic nitrogens is 2. The van der Waals surface area contributed by atoms with Gasteiger partial charge in [-0.3, -0.25) is 4.68 Å². The number of hydrogen-bond acceptors (Lipinski definition) is 2. The zero-order valence-corrected chi connectivity index (χ0v) is 12.9. The molecule has 0 radical (unpaired) electrons. The van der Waals surface area contributed by atoms with Gasteiger partial charge in [0, 0.05) is 17.8 Å². The minimum absolute atomic E-state index is 0.503. The van der Waals surface area contributed by atoms with Crippen LogP contribution in [0.15, 0.2) is 36.5 Å². The average molecular weight is 292 g/mol. The number of hydrogen-bond donors (Lipinski definition) is 1. The predicted molar refractivity (Wildman–Crippen MR) is 85.2 cm³/mol. The molecule has 108 valence electrons. The Labute approximate surface area is 126 Å². The molecule has 20 heavy (non-hydrogen) atoms. The molecule has 1 aromatic carbocycles. The fourth-order valence-corrected chi connectivity index (χ4v) is 2.46. The lowest BCUT2D eigenvalue weighted by atomic mass is 10.2. The molecule has 1 aromatic heterocycles. The quantitative estimate of drug-likeness (QED) is 0.756. The van der Waals surface area contributed by atoms with Gasteiger partial charge in [-0.15, -0.1) is 11.6 Å². The van der Waals surface area contributed by atoms with Crippen LogP contribution in [-0.4, -0.2) is 9.78 Å². The Morgan fingerprint density at radius 1 is 1.25 bits per heavy atom. The van der Waals surface area contributed by atoms with Crippen LogP contribution in [0.25, 0.3) is 0 Å². The first-order valence-electron chi connectivity index (χ1n) is 7.19. The number of benzene rings is 1. The summed E-state index contributed by atoms with van der Waals surface area (Å²) >= 11 is 5.84. The molecule has 1 N–H and O–H groups in total. The Kier molecular flexibility index (Phi) is 5.48. The first-order chi connectivity index (χ1) is 9.76. The van der Waals surface area contributed by atoms with E-state index in [4.69, 9.17) is 11.6 Å². The van der Waals surface area contributed by atoms with Gasteiger partial charge in [0.15, 0.2) is 0 Å². The summed E-state index contributed by atoms with van der Waals surface area (Å²) in [7, 11) is 0. The van der Waals surface area contributed by atoms with E-state index in [1.807, 2.05) is 18.2 Å². The SMILES string of the molecule is CCC(CC)n1ccc(CNc2cccc(CCl)c2)n1. The molecule has 0 aliphatic carbocycles. The lowest BCUT2D eigenvalue weighted by Gasteiger charge is -2.12. The Hall–Kier alpha value is -1.48. The van der Waals surface area contributed by atoms with Crippen LogP contribution >= 0.6 is 11.6 Å². The number of halogens is 1. The van der Waals surface area contributed by atoms with Crippen molar-refractivity contribution in [3.8, 4) is 0 Å². The van der Waals surface area contributed by atoms with Crippen LogP contribution in [0.4, 0.5) is 5.69 Å². The van der Waals surface area contributed by atoms with Crippen molar-refractivity contribution < 1.29 is 0 Å². The summed E-state index contributed by atoms with van der Waals surface area (Å²) in [4.78, 5) is 0. The number of nitrogens with zero attached hydrogens (tertiary/aromatic N) is 2. The fraction of sp³-hybridized carbons (Fsp3) is 0.438. The molecule has 0 amide bonds. The van der Waals surface area contributed by atoms with Crippen LogP contribution in [0.2, 0.25) is 0 Å². The van der Waals surface area contributed by atoms with Gasteiger partial charge in [0.1, 0.15) is 0 Å². The number of alkyl halides is 1. The summed E-state index contributed by atoms with van der Waals surface area (Å²) in [5.41, 5.74) is 3.27. The highest BCUT2D eigenvalue weighted by molar-refractivity contribution is 6.17. The maximum absolute atomic E-state index is 5.84. The minimum atomic E-state index is 0.503. The van der Waals surface area contributed by atoms with Gasteiger partial charge in [0.05, 0.1) is 18.3 Å². The highest BCUT2D eigenvalue weighted by Gasteiger charge is 2.07. The monoisotopic (exact) mass is 291 g/mol. The van der Waals surface area contributed by atoms with Crippen molar-refractivity contribution in [2.45, 2.75) is 45.2 Å². The average Bonchev–Trinajstić information content (AvgIpc) is 2.95. The van der Waals surface area contributed by atoms with E-state index in [1.54, 1.807) is 0 Å². The van der Waals surface area contributed by atoms with Gasteiger partial charge in [-0.25, -0.2) is 0 Å². The molecule has 0 aliphatic heterocycles. The van der Waals surface area contributed by atoms with E-state index < -0.39 is 0 Å². The summed E-state index contributed by atoms with van der Waals surface area (Å²) in [6, 6.07) is 10.8. The van der Waals surface area contributed by atoms with Gasteiger partial charge in [-0.05, 0) is 36.6 Å². The van der Waals surface area contributed by atoms with Crippen LogP contribution in [0.1, 0.15) is 44.0 Å². The number of rotatable bonds is 7. The Morgan fingerprint density at radius 3 is 2.75 bits per heavy atom. The van der Waals surface area contributed by atoms with Gasteiger partial charge >= 0.3 is 0 Å². The van der Waals surface area contributed by atoms with Crippen molar-refractivity contribution in [1.29, 1.82) is 0 Å². The third-order valence-corrected chi connectivity index (χ3v) is 3.84. The molecule has 2 aromatic rings. The van der Waals surface area contributed by atoms with E-state index in [2.05, 4.69) is 47.3 Å². The van der Waals surface area contributed by atoms with E-state index >= 15 is 0 Å². The van der Waals surface area contributed by atoms with Gasteiger partial charge in [-0.1, -0.05) is 26.0 Å². The zero-order chi connectivity index (χ0) is 14.4. The Balaban J connectivity index is 1.97. The third-order valence-electron chi connectivity index (χ3n) is 3.54. The summed E-state index contributed by atoms with van der Waals surface area (Å²) in [5.74, 6) is 0.541. The predicted octanol–water partition coefficient (Wildman–Crippen LogP) is 4.60. The Morgan fingerprint density at radius 2 is 2.05 bits per heavy atom. The molecular weight excluding hydrogens is 270 g/mol. The van der Waals surface area contributed by atoms with Crippen molar-refractivity contribution in [2.24, 2.45) is 0 Å². The molecule has 0 saturated carbocycles. The van der Waals surface area contributed by atoms with Crippen molar-refractivity contribution in [2.75, 3.05) is 5.32 Å². The number of anilines is 1. The second kappa shape index (κ2) is 7.34.